The van der Waals surface area contributed by atoms with Gasteiger partial charge in [-0.1, -0.05) is 24.3 Å². The molecule has 0 saturated carbocycles. The van der Waals surface area contributed by atoms with E-state index in [0.29, 0.717) is 22.1 Å². The van der Waals surface area contributed by atoms with Crippen molar-refractivity contribution in [1.29, 1.82) is 21.0 Å². The van der Waals surface area contributed by atoms with Crippen molar-refractivity contribution < 1.29 is 0 Å². The lowest BCUT2D eigenvalue weighted by Crippen LogP contribution is -1.94. The Labute approximate surface area is 213 Å². The summed E-state index contributed by atoms with van der Waals surface area (Å²) in [5.74, 6) is 0. The van der Waals surface area contributed by atoms with E-state index in [2.05, 4.69) is 24.3 Å². The molecule has 6 aromatic rings. The first kappa shape index (κ1) is 20.0. The van der Waals surface area contributed by atoms with E-state index in [1.54, 1.807) is 24.3 Å². The smallest absolute Gasteiger partial charge is 0.101 e. The van der Waals surface area contributed by atoms with Crippen LogP contribution >= 0.6 is 0 Å². The molecule has 0 bridgehead atoms. The molecule has 0 spiro atoms. The summed E-state index contributed by atoms with van der Waals surface area (Å²) in [4.78, 5) is 19.5. The van der Waals surface area contributed by atoms with Crippen molar-refractivity contribution in [2.24, 2.45) is 0 Å². The van der Waals surface area contributed by atoms with Crippen LogP contribution in [-0.2, 0) is 0 Å². The van der Waals surface area contributed by atoms with Crippen molar-refractivity contribution in [3.8, 4) is 69.3 Å². The lowest BCUT2D eigenvalue weighted by molar-refractivity contribution is 1.30. The second-order valence-corrected chi connectivity index (χ2v) is 9.13. The highest BCUT2D eigenvalue weighted by atomic mass is 14.9. The Morgan fingerprint density at radius 3 is 0.842 bits per heavy atom. The molecule has 0 radical (unpaired) electrons. The van der Waals surface area contributed by atoms with Crippen LogP contribution in [0.4, 0.5) is 0 Å². The monoisotopic (exact) mass is 480 g/mol. The maximum absolute atomic E-state index is 9.46. The fourth-order valence-electron chi connectivity index (χ4n) is 5.61. The van der Waals surface area contributed by atoms with Crippen molar-refractivity contribution in [1.82, 2.24) is 19.9 Å². The van der Waals surface area contributed by atoms with Crippen molar-refractivity contribution >= 4 is 32.8 Å². The number of rotatable bonds is 0. The topological polar surface area (TPSA) is 147 Å². The summed E-state index contributed by atoms with van der Waals surface area (Å²) in [6.45, 7) is 0. The summed E-state index contributed by atoms with van der Waals surface area (Å²) in [5.41, 5.74) is 9.93. The van der Waals surface area contributed by atoms with E-state index in [1.807, 2.05) is 24.3 Å². The standard InChI is InChI=1S/C30H8N8/c31-9-13-5-21-22(6-14(13)10-32)37-29-19-3-4-20-26-18(2-1-17(25(19)26)27(29)35-21)28-30(20)38-24-8-16(12-34)15(11-33)7-23(24)36-28/h1-8H. The van der Waals surface area contributed by atoms with Gasteiger partial charge in [0, 0.05) is 33.0 Å². The molecule has 0 atom stereocenters. The van der Waals surface area contributed by atoms with Crippen LogP contribution in [0.5, 0.6) is 0 Å². The maximum Gasteiger partial charge on any atom is 0.101 e. The van der Waals surface area contributed by atoms with Gasteiger partial charge in [-0.25, -0.2) is 19.9 Å². The van der Waals surface area contributed by atoms with Gasteiger partial charge in [0.25, 0.3) is 0 Å². The second kappa shape index (κ2) is 6.71. The number of nitriles is 4. The van der Waals surface area contributed by atoms with E-state index in [1.165, 1.54) is 0 Å². The zero-order chi connectivity index (χ0) is 25.7. The quantitative estimate of drug-likeness (QED) is 0.276. The van der Waals surface area contributed by atoms with E-state index in [4.69, 9.17) is 19.9 Å². The molecule has 8 heteroatoms. The first-order valence-corrected chi connectivity index (χ1v) is 11.6. The fourth-order valence-corrected chi connectivity index (χ4v) is 5.61. The minimum absolute atomic E-state index is 0.268. The summed E-state index contributed by atoms with van der Waals surface area (Å²) in [6.07, 6.45) is 0. The van der Waals surface area contributed by atoms with Crippen LogP contribution in [0.1, 0.15) is 22.3 Å². The Morgan fingerprint density at radius 2 is 0.632 bits per heavy atom. The van der Waals surface area contributed by atoms with Gasteiger partial charge >= 0.3 is 0 Å². The molecule has 0 saturated heterocycles. The lowest BCUT2D eigenvalue weighted by atomic mass is 9.99. The second-order valence-electron chi connectivity index (χ2n) is 9.13. The van der Waals surface area contributed by atoms with Crippen LogP contribution in [0.15, 0.2) is 48.5 Å². The molecule has 0 N–H and O–H groups in total. The van der Waals surface area contributed by atoms with Gasteiger partial charge in [-0.05, 0) is 24.3 Å². The highest BCUT2D eigenvalue weighted by Crippen LogP contribution is 2.54. The predicted molar refractivity (Wildman–Crippen MR) is 138 cm³/mol. The highest BCUT2D eigenvalue weighted by molar-refractivity contribution is 6.25. The molecule has 0 amide bonds. The van der Waals surface area contributed by atoms with Gasteiger partial charge in [0.15, 0.2) is 0 Å². The minimum atomic E-state index is 0.268. The van der Waals surface area contributed by atoms with Gasteiger partial charge in [0.2, 0.25) is 0 Å². The number of hydrogen-bond donors (Lipinski definition) is 0. The summed E-state index contributed by atoms with van der Waals surface area (Å²) in [7, 11) is 0. The van der Waals surface area contributed by atoms with Crippen LogP contribution in [0.3, 0.4) is 0 Å². The first-order valence-electron chi connectivity index (χ1n) is 11.6. The third-order valence-corrected chi connectivity index (χ3v) is 7.27. The van der Waals surface area contributed by atoms with Crippen LogP contribution in [0.2, 0.25) is 0 Å². The molecule has 0 unspecified atom stereocenters. The summed E-state index contributed by atoms with van der Waals surface area (Å²) in [5, 5.41) is 39.8. The Bertz CT molecular complexity index is 2010. The van der Waals surface area contributed by atoms with Gasteiger partial charge < -0.3 is 0 Å². The molecule has 2 aromatic heterocycles. The van der Waals surface area contributed by atoms with Crippen LogP contribution in [0, 0.1) is 45.3 Å². The molecule has 168 valence electrons. The Hall–Kier alpha value is -6.22. The van der Waals surface area contributed by atoms with E-state index >= 15 is 0 Å². The van der Waals surface area contributed by atoms with Crippen molar-refractivity contribution in [3.05, 3.63) is 70.8 Å². The van der Waals surface area contributed by atoms with Gasteiger partial charge in [-0.15, -0.1) is 0 Å². The lowest BCUT2D eigenvalue weighted by Gasteiger charge is -2.06. The molecule has 2 aliphatic rings. The molecule has 8 nitrogen and oxygen atoms in total. The largest absolute Gasteiger partial charge is 0.244 e. The van der Waals surface area contributed by atoms with Crippen LogP contribution in [0.25, 0.3) is 77.9 Å². The molecule has 0 aliphatic heterocycles. The zero-order valence-electron chi connectivity index (χ0n) is 19.2. The molecule has 38 heavy (non-hydrogen) atoms. The van der Waals surface area contributed by atoms with Gasteiger partial charge in [-0.3, -0.25) is 0 Å². The van der Waals surface area contributed by atoms with Gasteiger partial charge in [0.1, 0.15) is 24.3 Å². The minimum Gasteiger partial charge on any atom is -0.244 e. The maximum atomic E-state index is 9.46. The van der Waals surface area contributed by atoms with Gasteiger partial charge in [-0.2, -0.15) is 21.0 Å². The van der Waals surface area contributed by atoms with Crippen molar-refractivity contribution in [3.63, 3.8) is 0 Å². The van der Waals surface area contributed by atoms with E-state index < -0.39 is 0 Å². The number of fused-ring (bicyclic) bond motifs is 8. The first-order chi connectivity index (χ1) is 18.6. The Kier molecular flexibility index (Phi) is 3.54. The summed E-state index contributed by atoms with van der Waals surface area (Å²) < 4.78 is 0. The fraction of sp³-hybridized carbons (Fsp3) is 0. The molecule has 2 aliphatic carbocycles. The van der Waals surface area contributed by atoms with E-state index in [9.17, 15) is 21.0 Å². The number of benzene rings is 4. The van der Waals surface area contributed by atoms with E-state index in [-0.39, 0.29) is 22.3 Å². The summed E-state index contributed by atoms with van der Waals surface area (Å²) in [6, 6.07) is 22.7. The van der Waals surface area contributed by atoms with Crippen LogP contribution in [-0.4, -0.2) is 19.9 Å². The third kappa shape index (κ3) is 2.29. The molecular weight excluding hydrogens is 472 g/mol. The number of nitrogens with zero attached hydrogens (tertiary/aromatic N) is 8. The molecule has 2 heterocycles. The Balaban J connectivity index is 1.42. The average Bonchev–Trinajstić information content (AvgIpc) is 3.44. The summed E-state index contributed by atoms with van der Waals surface area (Å²) >= 11 is 0. The molecule has 4 aromatic carbocycles. The number of aromatic nitrogens is 4. The SMILES string of the molecule is N#Cc1cc2nc3c(nc2cc1C#N)-c1ccc2c4c(ccc-3c14)-c1nc3cc(C#N)c(C#N)cc3nc1-2. The normalized spacial score (nSPS) is 11.6. The Morgan fingerprint density at radius 1 is 0.395 bits per heavy atom. The zero-order valence-corrected chi connectivity index (χ0v) is 19.2. The molecular formula is C30H8N8. The predicted octanol–water partition coefficient (Wildman–Crippen LogP) is 5.51. The van der Waals surface area contributed by atoms with E-state index in [0.717, 1.165) is 55.8 Å². The number of hydrogen-bond acceptors (Lipinski definition) is 8. The van der Waals surface area contributed by atoms with Crippen molar-refractivity contribution in [2.45, 2.75) is 0 Å². The third-order valence-electron chi connectivity index (χ3n) is 7.27. The molecule has 0 fully saturated rings. The molecule has 8 rings (SSSR count). The van der Waals surface area contributed by atoms with Crippen LogP contribution < -0.4 is 0 Å². The van der Waals surface area contributed by atoms with Gasteiger partial charge in [0.05, 0.1) is 67.1 Å². The average molecular weight is 480 g/mol. The highest BCUT2D eigenvalue weighted by Gasteiger charge is 2.33. The van der Waals surface area contributed by atoms with Crippen molar-refractivity contribution in [2.75, 3.05) is 0 Å².